The zero-order valence-corrected chi connectivity index (χ0v) is 25.1. The summed E-state index contributed by atoms with van der Waals surface area (Å²) in [5.41, 5.74) is 0.449. The number of imidazole rings is 1. The SMILES string of the molecule is CC[C@H](C)[C@H](NC(=O)[C@@H]1CCCN1)C(=O)N[C@@H](CC(C)C)C(=O)N[C@@H](CCC(=O)O)C(=O)N[C@@H](Cc1cnc[nH]1)C(=O)O. The molecule has 15 heteroatoms. The fourth-order valence-corrected chi connectivity index (χ4v) is 4.73. The Kier molecular flexibility index (Phi) is 14.1. The largest absolute Gasteiger partial charge is 0.481 e. The summed E-state index contributed by atoms with van der Waals surface area (Å²) >= 11 is 0. The maximum absolute atomic E-state index is 13.5. The molecule has 1 saturated heterocycles. The number of amides is 4. The first-order valence-electron chi connectivity index (χ1n) is 14.7. The Morgan fingerprint density at radius 2 is 1.60 bits per heavy atom. The number of carbonyl (C=O) groups is 6. The monoisotopic (exact) mass is 607 g/mol. The topological polar surface area (TPSA) is 232 Å². The van der Waals surface area contributed by atoms with Gasteiger partial charge >= 0.3 is 11.9 Å². The van der Waals surface area contributed by atoms with E-state index in [0.717, 1.165) is 6.42 Å². The summed E-state index contributed by atoms with van der Waals surface area (Å²) in [6.45, 7) is 8.09. The molecule has 43 heavy (non-hydrogen) atoms. The van der Waals surface area contributed by atoms with Crippen molar-refractivity contribution in [2.75, 3.05) is 6.54 Å². The van der Waals surface area contributed by atoms with Crippen LogP contribution in [0.1, 0.15) is 71.9 Å². The van der Waals surface area contributed by atoms with Gasteiger partial charge in [0.15, 0.2) is 0 Å². The molecule has 0 aromatic carbocycles. The van der Waals surface area contributed by atoms with Crippen molar-refractivity contribution in [3.05, 3.63) is 18.2 Å². The van der Waals surface area contributed by atoms with E-state index < -0.39 is 66.3 Å². The quantitative estimate of drug-likeness (QED) is 0.108. The van der Waals surface area contributed by atoms with Crippen LogP contribution in [0.25, 0.3) is 0 Å². The predicted octanol–water partition coefficient (Wildman–Crippen LogP) is -0.315. The number of carboxylic acid groups (broad SMARTS) is 2. The summed E-state index contributed by atoms with van der Waals surface area (Å²) in [6.07, 6.45) is 4.13. The minimum absolute atomic E-state index is 0.0625. The van der Waals surface area contributed by atoms with E-state index in [-0.39, 0.29) is 37.0 Å². The molecule has 0 aliphatic carbocycles. The molecule has 0 radical (unpaired) electrons. The van der Waals surface area contributed by atoms with Crippen LogP contribution in [0.2, 0.25) is 0 Å². The number of nitrogens with one attached hydrogen (secondary N) is 6. The van der Waals surface area contributed by atoms with Crippen molar-refractivity contribution in [2.45, 2.75) is 103 Å². The summed E-state index contributed by atoms with van der Waals surface area (Å²) < 4.78 is 0. The van der Waals surface area contributed by atoms with Crippen molar-refractivity contribution in [1.29, 1.82) is 0 Å². The van der Waals surface area contributed by atoms with Crippen molar-refractivity contribution in [3.8, 4) is 0 Å². The number of rotatable bonds is 18. The maximum Gasteiger partial charge on any atom is 0.326 e. The highest BCUT2D eigenvalue weighted by Gasteiger charge is 2.34. The van der Waals surface area contributed by atoms with Crippen molar-refractivity contribution >= 4 is 35.6 Å². The molecule has 1 fully saturated rings. The lowest BCUT2D eigenvalue weighted by Gasteiger charge is -2.29. The standard InChI is InChI=1S/C28H45N7O8/c1-5-16(4)23(35-24(38)18-7-6-10-30-18)27(41)33-20(11-15(2)3)26(40)32-19(8-9-22(36)37)25(39)34-21(28(42)43)12-17-13-29-14-31-17/h13-16,18-21,23,30H,5-12H2,1-4H3,(H,29,31)(H,32,40)(H,33,41)(H,34,39)(H,35,38)(H,36,37)(H,42,43)/t16-,18-,19-,20-,21-,23-/m0/s1. The van der Waals surface area contributed by atoms with Crippen LogP contribution in [0.15, 0.2) is 12.5 Å². The number of aromatic amines is 1. The summed E-state index contributed by atoms with van der Waals surface area (Å²) in [5, 5.41) is 32.3. The smallest absolute Gasteiger partial charge is 0.326 e. The summed E-state index contributed by atoms with van der Waals surface area (Å²) in [6, 6.07) is -5.19. The molecule has 0 saturated carbocycles. The number of hydrogen-bond acceptors (Lipinski definition) is 8. The van der Waals surface area contributed by atoms with Crippen LogP contribution in [-0.2, 0) is 35.2 Å². The Balaban J connectivity index is 2.20. The minimum atomic E-state index is -1.39. The van der Waals surface area contributed by atoms with E-state index >= 15 is 0 Å². The first kappa shape index (κ1) is 35.2. The van der Waals surface area contributed by atoms with Gasteiger partial charge < -0.3 is 41.8 Å². The van der Waals surface area contributed by atoms with Crippen LogP contribution in [0, 0.1) is 11.8 Å². The highest BCUT2D eigenvalue weighted by Crippen LogP contribution is 2.13. The number of aliphatic carboxylic acids is 2. The molecular weight excluding hydrogens is 562 g/mol. The van der Waals surface area contributed by atoms with Crippen molar-refractivity contribution in [3.63, 3.8) is 0 Å². The molecule has 2 rings (SSSR count). The second kappa shape index (κ2) is 17.2. The molecule has 8 N–H and O–H groups in total. The molecule has 15 nitrogen and oxygen atoms in total. The molecule has 6 atom stereocenters. The van der Waals surface area contributed by atoms with Gasteiger partial charge in [-0.3, -0.25) is 24.0 Å². The molecule has 0 bridgehead atoms. The third kappa shape index (κ3) is 11.7. The van der Waals surface area contributed by atoms with Gasteiger partial charge in [-0.05, 0) is 44.1 Å². The normalized spacial score (nSPS) is 18.1. The molecule has 2 heterocycles. The minimum Gasteiger partial charge on any atom is -0.481 e. The number of carboxylic acids is 2. The Labute approximate surface area is 250 Å². The Morgan fingerprint density at radius 3 is 2.14 bits per heavy atom. The van der Waals surface area contributed by atoms with Gasteiger partial charge in [-0.15, -0.1) is 0 Å². The number of aromatic nitrogens is 2. The molecule has 1 aromatic rings. The zero-order valence-electron chi connectivity index (χ0n) is 25.1. The molecule has 0 unspecified atom stereocenters. The lowest BCUT2D eigenvalue weighted by Crippen LogP contribution is -2.59. The highest BCUT2D eigenvalue weighted by molar-refractivity contribution is 5.95. The lowest BCUT2D eigenvalue weighted by atomic mass is 9.96. The third-order valence-electron chi connectivity index (χ3n) is 7.38. The second-order valence-corrected chi connectivity index (χ2v) is 11.4. The van der Waals surface area contributed by atoms with Gasteiger partial charge in [0.05, 0.1) is 12.4 Å². The van der Waals surface area contributed by atoms with Gasteiger partial charge in [0.1, 0.15) is 24.2 Å². The van der Waals surface area contributed by atoms with Crippen LogP contribution < -0.4 is 26.6 Å². The summed E-state index contributed by atoms with van der Waals surface area (Å²) in [4.78, 5) is 82.5. The number of hydrogen-bond donors (Lipinski definition) is 8. The van der Waals surface area contributed by atoms with Crippen LogP contribution in [-0.4, -0.2) is 92.5 Å². The van der Waals surface area contributed by atoms with E-state index in [1.54, 1.807) is 0 Å². The number of nitrogens with zero attached hydrogens (tertiary/aromatic N) is 1. The van der Waals surface area contributed by atoms with E-state index in [0.29, 0.717) is 25.1 Å². The summed E-state index contributed by atoms with van der Waals surface area (Å²) in [7, 11) is 0. The molecule has 0 spiro atoms. The van der Waals surface area contributed by atoms with E-state index in [1.165, 1.54) is 12.5 Å². The zero-order chi connectivity index (χ0) is 32.1. The molecule has 1 aromatic heterocycles. The van der Waals surface area contributed by atoms with Crippen molar-refractivity contribution < 1.29 is 39.0 Å². The van der Waals surface area contributed by atoms with E-state index in [1.807, 2.05) is 27.7 Å². The van der Waals surface area contributed by atoms with Crippen LogP contribution in [0.5, 0.6) is 0 Å². The van der Waals surface area contributed by atoms with Crippen LogP contribution in [0.4, 0.5) is 0 Å². The fraction of sp³-hybridized carbons (Fsp3) is 0.679. The van der Waals surface area contributed by atoms with Gasteiger partial charge in [-0.1, -0.05) is 34.1 Å². The van der Waals surface area contributed by atoms with Crippen LogP contribution >= 0.6 is 0 Å². The molecule has 1 aliphatic heterocycles. The van der Waals surface area contributed by atoms with Crippen molar-refractivity contribution in [2.24, 2.45) is 11.8 Å². The van der Waals surface area contributed by atoms with Crippen molar-refractivity contribution in [1.82, 2.24) is 36.6 Å². The van der Waals surface area contributed by atoms with E-state index in [9.17, 15) is 39.0 Å². The molecular formula is C28H45N7O8. The van der Waals surface area contributed by atoms with E-state index in [4.69, 9.17) is 0 Å². The number of carbonyl (C=O) groups excluding carboxylic acids is 4. The van der Waals surface area contributed by atoms with Gasteiger partial charge in [-0.2, -0.15) is 0 Å². The Hall–Kier alpha value is -4.01. The van der Waals surface area contributed by atoms with Gasteiger partial charge in [0.25, 0.3) is 0 Å². The molecule has 4 amide bonds. The average molecular weight is 608 g/mol. The lowest BCUT2D eigenvalue weighted by molar-refractivity contribution is -0.143. The maximum atomic E-state index is 13.5. The van der Waals surface area contributed by atoms with Gasteiger partial charge in [0, 0.05) is 24.7 Å². The first-order valence-corrected chi connectivity index (χ1v) is 14.7. The molecule has 240 valence electrons. The average Bonchev–Trinajstić information content (AvgIpc) is 3.67. The third-order valence-corrected chi connectivity index (χ3v) is 7.38. The predicted molar refractivity (Wildman–Crippen MR) is 154 cm³/mol. The van der Waals surface area contributed by atoms with Crippen LogP contribution in [0.3, 0.4) is 0 Å². The summed E-state index contributed by atoms with van der Waals surface area (Å²) in [5.74, 6) is -5.32. The highest BCUT2D eigenvalue weighted by atomic mass is 16.4. The van der Waals surface area contributed by atoms with E-state index in [2.05, 4.69) is 36.6 Å². The number of H-pyrrole nitrogens is 1. The van der Waals surface area contributed by atoms with Gasteiger partial charge in [-0.25, -0.2) is 9.78 Å². The molecule has 1 aliphatic rings. The Morgan fingerprint density at radius 1 is 0.953 bits per heavy atom. The second-order valence-electron chi connectivity index (χ2n) is 11.4. The fourth-order valence-electron chi connectivity index (χ4n) is 4.73. The first-order chi connectivity index (χ1) is 20.3. The van der Waals surface area contributed by atoms with Gasteiger partial charge in [0.2, 0.25) is 23.6 Å². The Bertz CT molecular complexity index is 1100.